The summed E-state index contributed by atoms with van der Waals surface area (Å²) in [4.78, 5) is 24.1. The van der Waals surface area contributed by atoms with Crippen molar-refractivity contribution in [3.8, 4) is 10.6 Å². The zero-order chi connectivity index (χ0) is 22.0. The number of aromatic nitrogens is 1. The number of thioether (sulfide) groups is 1. The third kappa shape index (κ3) is 5.55. The first-order chi connectivity index (χ1) is 14.8. The highest BCUT2D eigenvalue weighted by atomic mass is 32.2. The van der Waals surface area contributed by atoms with Crippen LogP contribution in [0.4, 0.5) is 13.2 Å². The molecule has 2 aliphatic heterocycles. The van der Waals surface area contributed by atoms with E-state index in [9.17, 15) is 18.0 Å². The van der Waals surface area contributed by atoms with Crippen molar-refractivity contribution in [2.45, 2.75) is 19.0 Å². The van der Waals surface area contributed by atoms with E-state index in [1.807, 2.05) is 0 Å². The van der Waals surface area contributed by atoms with Crippen LogP contribution in [-0.4, -0.2) is 47.6 Å². The Morgan fingerprint density at radius 1 is 1.26 bits per heavy atom. The second-order valence-electron chi connectivity index (χ2n) is 7.61. The van der Waals surface area contributed by atoms with Gasteiger partial charge in [0.15, 0.2) is 5.17 Å². The summed E-state index contributed by atoms with van der Waals surface area (Å²) in [6, 6.07) is 4.90. The van der Waals surface area contributed by atoms with Crippen LogP contribution in [0.2, 0.25) is 0 Å². The smallest absolute Gasteiger partial charge is 0.306 e. The Kier molecular flexibility index (Phi) is 6.49. The minimum atomic E-state index is -4.36. The number of hydrogen-bond donors (Lipinski definition) is 1. The minimum Gasteiger partial charge on any atom is -0.306 e. The summed E-state index contributed by atoms with van der Waals surface area (Å²) >= 11 is 2.61. The van der Waals surface area contributed by atoms with Gasteiger partial charge in [0.25, 0.3) is 5.91 Å². The molecule has 4 rings (SSSR count). The van der Waals surface area contributed by atoms with Crippen LogP contribution < -0.4 is 5.32 Å². The molecule has 0 atom stereocenters. The lowest BCUT2D eigenvalue weighted by Gasteiger charge is -2.27. The zero-order valence-corrected chi connectivity index (χ0v) is 18.4. The monoisotopic (exact) mass is 466 g/mol. The van der Waals surface area contributed by atoms with Crippen molar-refractivity contribution < 1.29 is 18.0 Å². The molecule has 1 aromatic heterocycles. The quantitative estimate of drug-likeness (QED) is 0.662. The number of nitrogens with one attached hydrogen (secondary N) is 1. The maximum Gasteiger partial charge on any atom is 0.416 e. The number of hydrogen-bond acceptors (Lipinski definition) is 6. The first kappa shape index (κ1) is 22.0. The van der Waals surface area contributed by atoms with Gasteiger partial charge in [0.05, 0.1) is 16.2 Å². The molecule has 2 aromatic rings. The van der Waals surface area contributed by atoms with E-state index in [4.69, 9.17) is 0 Å². The normalized spacial score (nSPS) is 21.2. The minimum absolute atomic E-state index is 0.212. The van der Waals surface area contributed by atoms with Crippen molar-refractivity contribution in [2.75, 3.05) is 26.7 Å². The molecule has 5 nitrogen and oxygen atoms in total. The van der Waals surface area contributed by atoms with Crippen LogP contribution >= 0.6 is 23.1 Å². The lowest BCUT2D eigenvalue weighted by Crippen LogP contribution is -2.31. The fraction of sp³-hybridized carbons (Fsp3) is 0.381. The fourth-order valence-corrected chi connectivity index (χ4v) is 4.98. The number of likely N-dealkylation sites (tertiary alicyclic amines) is 1. The molecule has 1 aromatic carbocycles. The van der Waals surface area contributed by atoms with Crippen molar-refractivity contribution in [1.29, 1.82) is 0 Å². The van der Waals surface area contributed by atoms with E-state index in [-0.39, 0.29) is 5.91 Å². The molecule has 2 fully saturated rings. The van der Waals surface area contributed by atoms with Crippen molar-refractivity contribution in [3.05, 3.63) is 45.8 Å². The Labute approximate surface area is 186 Å². The number of thiazole rings is 1. The molecule has 164 valence electrons. The number of alkyl halides is 3. The molecule has 0 aliphatic carbocycles. The number of halogens is 3. The lowest BCUT2D eigenvalue weighted by molar-refractivity contribution is -0.137. The van der Waals surface area contributed by atoms with Gasteiger partial charge in [-0.1, -0.05) is 12.1 Å². The Balaban J connectivity index is 1.40. The van der Waals surface area contributed by atoms with Crippen LogP contribution in [0.25, 0.3) is 16.6 Å². The number of piperidine rings is 1. The second kappa shape index (κ2) is 9.13. The van der Waals surface area contributed by atoms with E-state index >= 15 is 0 Å². The van der Waals surface area contributed by atoms with Gasteiger partial charge < -0.3 is 10.2 Å². The average Bonchev–Trinajstić information content (AvgIpc) is 3.34. The Morgan fingerprint density at radius 2 is 1.97 bits per heavy atom. The number of nitrogens with zero attached hydrogens (tertiary/aromatic N) is 3. The highest BCUT2D eigenvalue weighted by Gasteiger charge is 2.30. The number of carbonyl (C=O) groups excluding carboxylic acids is 1. The van der Waals surface area contributed by atoms with Gasteiger partial charge in [-0.25, -0.2) is 4.98 Å². The van der Waals surface area contributed by atoms with E-state index < -0.39 is 11.7 Å². The number of benzene rings is 1. The van der Waals surface area contributed by atoms with Crippen LogP contribution in [-0.2, 0) is 11.0 Å². The molecule has 0 saturated carbocycles. The summed E-state index contributed by atoms with van der Waals surface area (Å²) < 4.78 is 38.2. The van der Waals surface area contributed by atoms with Crippen LogP contribution in [0.1, 0.15) is 24.1 Å². The molecule has 31 heavy (non-hydrogen) atoms. The summed E-state index contributed by atoms with van der Waals surface area (Å²) in [5.74, 6) is 0.329. The molecule has 10 heteroatoms. The van der Waals surface area contributed by atoms with Gasteiger partial charge >= 0.3 is 6.18 Å². The molecule has 0 radical (unpaired) electrons. The molecule has 0 spiro atoms. The summed E-state index contributed by atoms with van der Waals surface area (Å²) in [5, 5.41) is 5.78. The number of carbonyl (C=O) groups is 1. The first-order valence-corrected chi connectivity index (χ1v) is 11.5. The van der Waals surface area contributed by atoms with Crippen molar-refractivity contribution >= 4 is 40.2 Å². The van der Waals surface area contributed by atoms with E-state index in [0.717, 1.165) is 38.1 Å². The largest absolute Gasteiger partial charge is 0.416 e. The van der Waals surface area contributed by atoms with E-state index in [1.165, 1.54) is 35.2 Å². The summed E-state index contributed by atoms with van der Waals surface area (Å²) in [5.41, 5.74) is 0.502. The third-order valence-corrected chi connectivity index (χ3v) is 7.10. The lowest BCUT2D eigenvalue weighted by atomic mass is 9.97. The van der Waals surface area contributed by atoms with Crippen LogP contribution in [0.3, 0.4) is 0 Å². The van der Waals surface area contributed by atoms with Gasteiger partial charge in [-0.05, 0) is 68.9 Å². The summed E-state index contributed by atoms with van der Waals surface area (Å²) in [6.07, 6.45) is -0.459. The topological polar surface area (TPSA) is 57.6 Å². The maximum absolute atomic E-state index is 12.7. The standard InChI is InChI=1S/C21H21F3N4OS2/c1-28-8-6-13(7-9-28)11-25-20-27-18(29)17(31-20)10-16-12-30-19(26-16)14-2-4-15(5-3-14)21(22,23)24/h2-5,10,12-13H,6-9,11H2,1H3,(H,25,27,29)/b17-10-. The van der Waals surface area contributed by atoms with Crippen molar-refractivity contribution in [2.24, 2.45) is 10.9 Å². The third-order valence-electron chi connectivity index (χ3n) is 5.24. The molecule has 0 bridgehead atoms. The summed E-state index contributed by atoms with van der Waals surface area (Å²) in [7, 11) is 2.12. The second-order valence-corrected chi connectivity index (χ2v) is 9.50. The Bertz CT molecular complexity index is 1010. The first-order valence-electron chi connectivity index (χ1n) is 9.85. The van der Waals surface area contributed by atoms with Crippen LogP contribution in [0.15, 0.2) is 39.5 Å². The van der Waals surface area contributed by atoms with E-state index in [2.05, 4.69) is 27.2 Å². The van der Waals surface area contributed by atoms with Gasteiger partial charge in [0.1, 0.15) is 5.01 Å². The molecule has 1 amide bonds. The molecule has 0 unspecified atom stereocenters. The highest BCUT2D eigenvalue weighted by Crippen LogP contribution is 2.33. The number of rotatable bonds is 4. The maximum atomic E-state index is 12.7. The molecule has 2 saturated heterocycles. The highest BCUT2D eigenvalue weighted by molar-refractivity contribution is 8.18. The predicted octanol–water partition coefficient (Wildman–Crippen LogP) is 4.73. The number of amidine groups is 1. The van der Waals surface area contributed by atoms with Crippen LogP contribution in [0, 0.1) is 5.92 Å². The number of amides is 1. The van der Waals surface area contributed by atoms with Crippen LogP contribution in [0.5, 0.6) is 0 Å². The van der Waals surface area contributed by atoms with E-state index in [1.54, 1.807) is 11.5 Å². The van der Waals surface area contributed by atoms with Gasteiger partial charge in [-0.2, -0.15) is 13.2 Å². The molecular weight excluding hydrogens is 445 g/mol. The van der Waals surface area contributed by atoms with Gasteiger partial charge in [0.2, 0.25) is 0 Å². The van der Waals surface area contributed by atoms with Crippen molar-refractivity contribution in [1.82, 2.24) is 15.2 Å². The SMILES string of the molecule is CN1CCC(CN=C2NC(=O)/C(=C/c3csc(-c4ccc(C(F)(F)F)cc4)n3)S2)CC1. The molecule has 2 aliphatic rings. The van der Waals surface area contributed by atoms with E-state index in [0.29, 0.717) is 38.8 Å². The Hall–Kier alpha value is -2.17. The van der Waals surface area contributed by atoms with Gasteiger partial charge in [-0.15, -0.1) is 11.3 Å². The summed E-state index contributed by atoms with van der Waals surface area (Å²) in [6.45, 7) is 2.86. The Morgan fingerprint density at radius 3 is 2.65 bits per heavy atom. The van der Waals surface area contributed by atoms with Gasteiger partial charge in [-0.3, -0.25) is 9.79 Å². The fourth-order valence-electron chi connectivity index (χ4n) is 3.38. The number of aliphatic imine (C=N–C) groups is 1. The van der Waals surface area contributed by atoms with Gasteiger partial charge in [0, 0.05) is 17.5 Å². The van der Waals surface area contributed by atoms with Crippen molar-refractivity contribution in [3.63, 3.8) is 0 Å². The average molecular weight is 467 g/mol. The molecule has 1 N–H and O–H groups in total. The predicted molar refractivity (Wildman–Crippen MR) is 119 cm³/mol. The zero-order valence-electron chi connectivity index (χ0n) is 16.8. The molecular formula is C21H21F3N4OS2. The molecule has 3 heterocycles.